The highest BCUT2D eigenvalue weighted by Gasteiger charge is 2.61. The minimum Gasteiger partial charge on any atom is -0.456 e. The van der Waals surface area contributed by atoms with Gasteiger partial charge < -0.3 is 9.32 Å². The van der Waals surface area contributed by atoms with Crippen LogP contribution in [0.5, 0.6) is 0 Å². The highest BCUT2D eigenvalue weighted by atomic mass is 16.3. The first-order valence-electron chi connectivity index (χ1n) is 19.3. The van der Waals surface area contributed by atoms with E-state index in [1.54, 1.807) is 11.1 Å². The minimum absolute atomic E-state index is 0.175. The Labute approximate surface area is 304 Å². The zero-order valence-corrected chi connectivity index (χ0v) is 29.1. The Balaban J connectivity index is 1.00. The Morgan fingerprint density at radius 2 is 1.08 bits per heavy atom. The van der Waals surface area contributed by atoms with Crippen LogP contribution in [0.1, 0.15) is 43.2 Å². The third-order valence-corrected chi connectivity index (χ3v) is 13.6. The van der Waals surface area contributed by atoms with Crippen molar-refractivity contribution in [1.29, 1.82) is 0 Å². The lowest BCUT2D eigenvalue weighted by atomic mass is 9.43. The molecule has 1 aromatic heterocycles. The van der Waals surface area contributed by atoms with E-state index in [1.807, 2.05) is 12.1 Å². The van der Waals surface area contributed by atoms with Crippen molar-refractivity contribution >= 4 is 49.8 Å². The molecule has 7 aromatic carbocycles. The maximum Gasteiger partial charge on any atom is 0.135 e. The summed E-state index contributed by atoms with van der Waals surface area (Å²) in [6, 6.07) is 56.6. The Bertz CT molecular complexity index is 2690. The van der Waals surface area contributed by atoms with Crippen molar-refractivity contribution in [1.82, 2.24) is 0 Å². The fourth-order valence-electron chi connectivity index (χ4n) is 11.8. The summed E-state index contributed by atoms with van der Waals surface area (Å²) < 4.78 is 6.13. The van der Waals surface area contributed by atoms with Crippen LogP contribution in [0.3, 0.4) is 0 Å². The maximum atomic E-state index is 6.13. The van der Waals surface area contributed by atoms with Gasteiger partial charge in [-0.2, -0.15) is 0 Å². The minimum atomic E-state index is 0.175. The summed E-state index contributed by atoms with van der Waals surface area (Å²) in [5, 5.41) is 4.83. The number of benzene rings is 7. The standard InChI is InChI=1S/C50H39NO/c1-2-8-35-28-40(19-15-33(35)7-1)51(39-17-13-34(14-18-39)36-16-22-49-45(29-36)43-10-4-6-12-48(43)52-49)41-20-21-47-44(30-41)42-9-3-5-11-46(42)50(47)37-24-31-23-32(26-37)27-38(50)25-31/h1-22,28-32,37-38H,23-27H2. The van der Waals surface area contributed by atoms with Crippen molar-refractivity contribution in [3.63, 3.8) is 0 Å². The van der Waals surface area contributed by atoms with Crippen molar-refractivity contribution in [2.75, 3.05) is 4.90 Å². The molecule has 2 nitrogen and oxygen atoms in total. The number of para-hydroxylation sites is 1. The first-order chi connectivity index (χ1) is 25.7. The number of hydrogen-bond donors (Lipinski definition) is 0. The average Bonchev–Trinajstić information content (AvgIpc) is 3.70. The Morgan fingerprint density at radius 1 is 0.442 bits per heavy atom. The molecular formula is C50H39NO. The molecule has 5 aliphatic rings. The molecule has 5 aliphatic carbocycles. The zero-order chi connectivity index (χ0) is 34.0. The topological polar surface area (TPSA) is 16.4 Å². The molecule has 4 saturated carbocycles. The van der Waals surface area contributed by atoms with Crippen molar-refractivity contribution in [2.45, 2.75) is 37.5 Å². The number of nitrogens with zero attached hydrogens (tertiary/aromatic N) is 1. The molecule has 1 spiro atoms. The van der Waals surface area contributed by atoms with Crippen LogP contribution in [0, 0.1) is 23.7 Å². The first-order valence-corrected chi connectivity index (χ1v) is 19.3. The first kappa shape index (κ1) is 29.0. The van der Waals surface area contributed by atoms with E-state index in [1.165, 1.54) is 76.5 Å². The Kier molecular flexibility index (Phi) is 5.98. The quantitative estimate of drug-likeness (QED) is 0.185. The van der Waals surface area contributed by atoms with E-state index in [0.717, 1.165) is 51.3 Å². The molecule has 0 atom stereocenters. The fraction of sp³-hybridized carbons (Fsp3) is 0.200. The Morgan fingerprint density at radius 3 is 1.92 bits per heavy atom. The molecule has 4 fully saturated rings. The molecule has 1 heterocycles. The zero-order valence-electron chi connectivity index (χ0n) is 29.1. The van der Waals surface area contributed by atoms with Crippen LogP contribution in [-0.2, 0) is 5.41 Å². The van der Waals surface area contributed by atoms with E-state index in [-0.39, 0.29) is 5.41 Å². The van der Waals surface area contributed by atoms with Gasteiger partial charge in [0.25, 0.3) is 0 Å². The third kappa shape index (κ3) is 4.01. The summed E-state index contributed by atoms with van der Waals surface area (Å²) in [5.74, 6) is 3.41. The molecule has 2 heteroatoms. The SMILES string of the molecule is c1ccc2c(c1)-c1cc(N(c3ccc(-c4ccc5oc6ccccc6c5c4)cc3)c3ccc4ccccc4c3)ccc1C21C2CC3CC(C2)CC1C3. The molecule has 8 aromatic rings. The molecule has 13 rings (SSSR count). The number of rotatable bonds is 4. The molecule has 4 bridgehead atoms. The number of fused-ring (bicyclic) bond motifs is 7. The van der Waals surface area contributed by atoms with Gasteiger partial charge in [-0.05, 0) is 155 Å². The predicted octanol–water partition coefficient (Wildman–Crippen LogP) is 13.6. The molecule has 0 unspecified atom stereocenters. The van der Waals surface area contributed by atoms with Crippen molar-refractivity contribution in [2.24, 2.45) is 23.7 Å². The Hall–Kier alpha value is -5.60. The van der Waals surface area contributed by atoms with Gasteiger partial charge in [0.2, 0.25) is 0 Å². The van der Waals surface area contributed by atoms with Gasteiger partial charge in [-0.25, -0.2) is 0 Å². The summed E-state index contributed by atoms with van der Waals surface area (Å²) in [4.78, 5) is 2.47. The van der Waals surface area contributed by atoms with E-state index >= 15 is 0 Å². The van der Waals surface area contributed by atoms with Gasteiger partial charge in [-0.15, -0.1) is 0 Å². The molecule has 52 heavy (non-hydrogen) atoms. The van der Waals surface area contributed by atoms with Gasteiger partial charge in [-0.3, -0.25) is 0 Å². The largest absolute Gasteiger partial charge is 0.456 e. The van der Waals surface area contributed by atoms with Gasteiger partial charge in [0.05, 0.1) is 0 Å². The average molecular weight is 670 g/mol. The molecule has 250 valence electrons. The molecule has 0 amide bonds. The highest BCUT2D eigenvalue weighted by molar-refractivity contribution is 6.06. The van der Waals surface area contributed by atoms with Crippen LogP contribution >= 0.6 is 0 Å². The third-order valence-electron chi connectivity index (χ3n) is 13.6. The molecule has 0 N–H and O–H groups in total. The summed E-state index contributed by atoms with van der Waals surface area (Å²) in [6.07, 6.45) is 7.10. The monoisotopic (exact) mass is 669 g/mol. The lowest BCUT2D eigenvalue weighted by molar-refractivity contribution is -0.0399. The van der Waals surface area contributed by atoms with Crippen molar-refractivity contribution in [3.05, 3.63) is 163 Å². The fourth-order valence-corrected chi connectivity index (χ4v) is 11.8. The van der Waals surface area contributed by atoms with Crippen LogP contribution < -0.4 is 4.90 Å². The van der Waals surface area contributed by atoms with Gasteiger partial charge in [-0.1, -0.05) is 97.1 Å². The van der Waals surface area contributed by atoms with Crippen molar-refractivity contribution in [3.8, 4) is 22.3 Å². The van der Waals surface area contributed by atoms with Crippen LogP contribution in [0.15, 0.2) is 156 Å². The van der Waals surface area contributed by atoms with E-state index in [0.29, 0.717) is 0 Å². The van der Waals surface area contributed by atoms with E-state index in [9.17, 15) is 0 Å². The van der Waals surface area contributed by atoms with Crippen LogP contribution in [0.4, 0.5) is 17.1 Å². The van der Waals surface area contributed by atoms with E-state index < -0.39 is 0 Å². The summed E-state index contributed by atoms with van der Waals surface area (Å²) in [6.45, 7) is 0. The second-order valence-electron chi connectivity index (χ2n) is 16.2. The normalized spacial score (nSPS) is 23.8. The van der Waals surface area contributed by atoms with Crippen LogP contribution in [0.2, 0.25) is 0 Å². The van der Waals surface area contributed by atoms with E-state index in [4.69, 9.17) is 4.42 Å². The molecule has 0 saturated heterocycles. The summed E-state index contributed by atoms with van der Waals surface area (Å²) >= 11 is 0. The molecule has 0 aliphatic heterocycles. The summed E-state index contributed by atoms with van der Waals surface area (Å²) in [5.41, 5.74) is 14.1. The van der Waals surface area contributed by atoms with Gasteiger partial charge in [0.15, 0.2) is 0 Å². The maximum absolute atomic E-state index is 6.13. The van der Waals surface area contributed by atoms with Crippen LogP contribution in [-0.4, -0.2) is 0 Å². The smallest absolute Gasteiger partial charge is 0.135 e. The second-order valence-corrected chi connectivity index (χ2v) is 16.2. The number of hydrogen-bond acceptors (Lipinski definition) is 2. The molecule has 0 radical (unpaired) electrons. The van der Waals surface area contributed by atoms with Gasteiger partial charge in [0.1, 0.15) is 11.2 Å². The predicted molar refractivity (Wildman–Crippen MR) is 215 cm³/mol. The van der Waals surface area contributed by atoms with Gasteiger partial charge in [0, 0.05) is 33.2 Å². The number of anilines is 3. The summed E-state index contributed by atoms with van der Waals surface area (Å²) in [7, 11) is 0. The lowest BCUT2D eigenvalue weighted by Crippen LogP contribution is -2.55. The number of furan rings is 1. The van der Waals surface area contributed by atoms with Crippen molar-refractivity contribution < 1.29 is 4.42 Å². The van der Waals surface area contributed by atoms with E-state index in [2.05, 4.69) is 144 Å². The lowest BCUT2D eigenvalue weighted by Gasteiger charge is -2.61. The second kappa shape index (κ2) is 10.7. The van der Waals surface area contributed by atoms with Gasteiger partial charge >= 0.3 is 0 Å². The van der Waals surface area contributed by atoms with Crippen LogP contribution in [0.25, 0.3) is 55.0 Å². The molecular weight excluding hydrogens is 631 g/mol. The highest BCUT2D eigenvalue weighted by Crippen LogP contribution is 2.69.